The van der Waals surface area contributed by atoms with E-state index in [1.54, 1.807) is 24.3 Å². The molecule has 0 bridgehead atoms. The molecule has 5 nitrogen and oxygen atoms in total. The lowest BCUT2D eigenvalue weighted by Gasteiger charge is -2.21. The summed E-state index contributed by atoms with van der Waals surface area (Å²) in [6, 6.07) is 26.0. The Hall–Kier alpha value is -4.09. The molecular weight excluding hydrogens is 460 g/mol. The van der Waals surface area contributed by atoms with Crippen LogP contribution in [0.25, 0.3) is 21.7 Å². The van der Waals surface area contributed by atoms with Gasteiger partial charge in [-0.3, -0.25) is 9.59 Å². The number of halogens is 1. The number of ketones is 1. The van der Waals surface area contributed by atoms with E-state index in [2.05, 4.69) is 10.3 Å². The van der Waals surface area contributed by atoms with Crippen molar-refractivity contribution in [2.24, 2.45) is 0 Å². The summed E-state index contributed by atoms with van der Waals surface area (Å²) in [5, 5.41) is 17.6. The summed E-state index contributed by atoms with van der Waals surface area (Å²) in [6.45, 7) is 1.83. The molecule has 0 fully saturated rings. The lowest BCUT2D eigenvalue weighted by molar-refractivity contribution is 0.0972. The summed E-state index contributed by atoms with van der Waals surface area (Å²) in [5.41, 5.74) is 2.13. The van der Waals surface area contributed by atoms with Crippen LogP contribution in [0.5, 0.6) is 5.75 Å². The van der Waals surface area contributed by atoms with Gasteiger partial charge in [0.1, 0.15) is 11.3 Å². The highest BCUT2D eigenvalue weighted by Gasteiger charge is 2.24. The lowest BCUT2D eigenvalue weighted by atomic mass is 9.95. The predicted octanol–water partition coefficient (Wildman–Crippen LogP) is 6.77. The molecule has 0 aliphatic rings. The average Bonchev–Trinajstić information content (AvgIpc) is 2.84. The van der Waals surface area contributed by atoms with Gasteiger partial charge in [0.05, 0.1) is 11.6 Å². The van der Waals surface area contributed by atoms with Crippen molar-refractivity contribution in [1.29, 1.82) is 0 Å². The monoisotopic (exact) mass is 482 g/mol. The highest BCUT2D eigenvalue weighted by atomic mass is 35.5. The lowest BCUT2D eigenvalue weighted by Crippen LogP contribution is -2.22. The third-order valence-electron chi connectivity index (χ3n) is 6.28. The Balaban J connectivity index is 1.57. The highest BCUT2D eigenvalue weighted by Crippen LogP contribution is 2.33. The summed E-state index contributed by atoms with van der Waals surface area (Å²) in [5.74, 6) is -0.742. The molecule has 3 N–H and O–H groups in total. The van der Waals surface area contributed by atoms with E-state index in [-0.39, 0.29) is 17.7 Å². The third-order valence-corrected chi connectivity index (χ3v) is 6.53. The van der Waals surface area contributed by atoms with Gasteiger partial charge in [0.25, 0.3) is 5.56 Å². The second-order valence-corrected chi connectivity index (χ2v) is 9.01. The van der Waals surface area contributed by atoms with E-state index >= 15 is 0 Å². The number of carbonyl (C=O) groups excluding carboxylic acids is 1. The van der Waals surface area contributed by atoms with Crippen LogP contribution in [-0.4, -0.2) is 15.9 Å². The number of hydrogen-bond donors (Lipinski definition) is 3. The molecule has 0 saturated heterocycles. The molecule has 1 aromatic heterocycles. The molecule has 0 radical (unpaired) electrons. The second-order valence-electron chi connectivity index (χ2n) is 8.58. The van der Waals surface area contributed by atoms with Gasteiger partial charge in [0, 0.05) is 27.9 Å². The van der Waals surface area contributed by atoms with Gasteiger partial charge in [-0.25, -0.2) is 0 Å². The highest BCUT2D eigenvalue weighted by molar-refractivity contribution is 6.30. The van der Waals surface area contributed by atoms with Crippen LogP contribution in [0.3, 0.4) is 0 Å². The number of rotatable bonds is 6. The van der Waals surface area contributed by atoms with Crippen LogP contribution in [0.1, 0.15) is 33.9 Å². The van der Waals surface area contributed by atoms with Crippen LogP contribution < -0.4 is 10.9 Å². The maximum absolute atomic E-state index is 13.5. The molecule has 1 atom stereocenters. The van der Waals surface area contributed by atoms with E-state index in [1.165, 1.54) is 0 Å². The quantitative estimate of drug-likeness (QED) is 0.233. The van der Waals surface area contributed by atoms with Gasteiger partial charge in [0.2, 0.25) is 0 Å². The molecular formula is C29H23ClN2O3. The van der Waals surface area contributed by atoms with Gasteiger partial charge in [-0.05, 0) is 47.7 Å². The number of H-pyrrole nitrogens is 1. The number of aromatic nitrogens is 1. The van der Waals surface area contributed by atoms with Crippen LogP contribution in [0.4, 0.5) is 5.69 Å². The number of anilines is 1. The second kappa shape index (κ2) is 9.28. The van der Waals surface area contributed by atoms with Gasteiger partial charge in [-0.1, -0.05) is 72.3 Å². The fraction of sp³-hybridized carbons (Fsp3) is 0.103. The number of aryl methyl sites for hydroxylation is 1. The van der Waals surface area contributed by atoms with E-state index < -0.39 is 17.4 Å². The molecule has 0 amide bonds. The van der Waals surface area contributed by atoms with Gasteiger partial charge in [-0.2, -0.15) is 0 Å². The van der Waals surface area contributed by atoms with Crippen molar-refractivity contribution in [1.82, 2.24) is 4.98 Å². The zero-order valence-corrected chi connectivity index (χ0v) is 19.8. The summed E-state index contributed by atoms with van der Waals surface area (Å²) in [6.07, 6.45) is -0.0428. The van der Waals surface area contributed by atoms with E-state index in [4.69, 9.17) is 11.6 Å². The third kappa shape index (κ3) is 4.38. The molecule has 0 spiro atoms. The van der Waals surface area contributed by atoms with Crippen LogP contribution in [-0.2, 0) is 0 Å². The Labute approximate surface area is 207 Å². The first-order valence-corrected chi connectivity index (χ1v) is 11.7. The van der Waals surface area contributed by atoms with Crippen LogP contribution in [0, 0.1) is 6.92 Å². The molecule has 1 heterocycles. The number of pyridine rings is 1. The average molecular weight is 483 g/mol. The maximum atomic E-state index is 13.5. The first kappa shape index (κ1) is 22.7. The number of Topliss-reactive ketones (excluding diaryl/α,β-unsaturated/α-hetero) is 1. The number of aromatic amines is 1. The summed E-state index contributed by atoms with van der Waals surface area (Å²) in [7, 11) is 0. The molecule has 0 aliphatic heterocycles. The smallest absolute Gasteiger partial charge is 0.263 e. The normalized spacial score (nSPS) is 12.1. The van der Waals surface area contributed by atoms with E-state index in [1.807, 2.05) is 67.6 Å². The SMILES string of the molecule is Cc1cccc2[nH]c(=O)c(C(=O)CC(Nc3cccc4ccccc34)c3ccc(Cl)cc3)c(O)c12. The Morgan fingerprint density at radius 2 is 1.69 bits per heavy atom. The van der Waals surface area contributed by atoms with Gasteiger partial charge in [0.15, 0.2) is 5.78 Å². The summed E-state index contributed by atoms with van der Waals surface area (Å²) >= 11 is 6.10. The number of hydrogen-bond acceptors (Lipinski definition) is 4. The van der Waals surface area contributed by atoms with Crippen molar-refractivity contribution in [3.8, 4) is 5.75 Å². The molecule has 35 heavy (non-hydrogen) atoms. The van der Waals surface area contributed by atoms with E-state index in [0.717, 1.165) is 27.6 Å². The van der Waals surface area contributed by atoms with Crippen LogP contribution in [0.15, 0.2) is 89.7 Å². The van der Waals surface area contributed by atoms with Crippen molar-refractivity contribution in [2.75, 3.05) is 5.32 Å². The molecule has 174 valence electrons. The molecule has 5 rings (SSSR count). The number of benzene rings is 4. The van der Waals surface area contributed by atoms with Crippen LogP contribution >= 0.6 is 11.6 Å². The minimum atomic E-state index is -0.606. The van der Waals surface area contributed by atoms with Gasteiger partial charge in [-0.15, -0.1) is 0 Å². The number of fused-ring (bicyclic) bond motifs is 2. The van der Waals surface area contributed by atoms with Gasteiger partial charge >= 0.3 is 0 Å². The van der Waals surface area contributed by atoms with Crippen molar-refractivity contribution in [3.05, 3.63) is 117 Å². The molecule has 6 heteroatoms. The largest absolute Gasteiger partial charge is 0.506 e. The standard InChI is InChI=1S/C29H23ClN2O3/c1-17-6-4-11-23-26(17)28(34)27(29(35)32-23)25(33)16-24(19-12-14-20(30)15-13-19)31-22-10-5-8-18-7-2-3-9-21(18)22/h2-15,24,31H,16H2,1H3,(H2,32,34,35). The summed E-state index contributed by atoms with van der Waals surface area (Å²) in [4.78, 5) is 29.1. The van der Waals surface area contributed by atoms with Crippen molar-refractivity contribution in [2.45, 2.75) is 19.4 Å². The van der Waals surface area contributed by atoms with E-state index in [9.17, 15) is 14.7 Å². The van der Waals surface area contributed by atoms with E-state index in [0.29, 0.717) is 15.9 Å². The molecule has 1 unspecified atom stereocenters. The summed E-state index contributed by atoms with van der Waals surface area (Å²) < 4.78 is 0. The Kier molecular flexibility index (Phi) is 6.01. The predicted molar refractivity (Wildman–Crippen MR) is 142 cm³/mol. The minimum absolute atomic E-state index is 0.0428. The fourth-order valence-corrected chi connectivity index (χ4v) is 4.66. The van der Waals surface area contributed by atoms with Crippen molar-refractivity contribution in [3.63, 3.8) is 0 Å². The van der Waals surface area contributed by atoms with Crippen molar-refractivity contribution < 1.29 is 9.90 Å². The molecule has 4 aromatic carbocycles. The topological polar surface area (TPSA) is 82.2 Å². The Morgan fingerprint density at radius 1 is 0.971 bits per heavy atom. The maximum Gasteiger partial charge on any atom is 0.263 e. The van der Waals surface area contributed by atoms with Crippen molar-refractivity contribution >= 4 is 44.7 Å². The van der Waals surface area contributed by atoms with Gasteiger partial charge < -0.3 is 15.4 Å². The molecule has 0 aliphatic carbocycles. The first-order chi connectivity index (χ1) is 16.9. The van der Waals surface area contributed by atoms with Crippen LogP contribution in [0.2, 0.25) is 5.02 Å². The zero-order valence-electron chi connectivity index (χ0n) is 19.0. The first-order valence-electron chi connectivity index (χ1n) is 11.3. The Bertz CT molecular complexity index is 1620. The number of carbonyl (C=O) groups is 1. The molecule has 0 saturated carbocycles. The fourth-order valence-electron chi connectivity index (χ4n) is 4.54. The number of nitrogens with one attached hydrogen (secondary N) is 2. The minimum Gasteiger partial charge on any atom is -0.506 e. The number of aromatic hydroxyl groups is 1. The Morgan fingerprint density at radius 3 is 2.49 bits per heavy atom. The molecule has 5 aromatic rings. The zero-order chi connectivity index (χ0) is 24.5.